The lowest BCUT2D eigenvalue weighted by Crippen LogP contribution is -2.28. The minimum atomic E-state index is -3.56. The molecule has 0 amide bonds. The molecule has 2 aromatic heterocycles. The van der Waals surface area contributed by atoms with Crippen LogP contribution >= 0.6 is 11.3 Å². The van der Waals surface area contributed by atoms with E-state index in [2.05, 4.69) is 4.98 Å². The van der Waals surface area contributed by atoms with E-state index < -0.39 is 10.0 Å². The lowest BCUT2D eigenvalue weighted by molar-refractivity contribution is 0.483. The molecule has 0 saturated carbocycles. The Balaban J connectivity index is 2.71. The number of imidazole rings is 1. The molecule has 88 valence electrons. The van der Waals surface area contributed by atoms with E-state index in [0.717, 1.165) is 0 Å². The molecule has 0 aliphatic rings. The van der Waals surface area contributed by atoms with Crippen molar-refractivity contribution in [1.29, 1.82) is 0 Å². The summed E-state index contributed by atoms with van der Waals surface area (Å²) in [4.78, 5) is 4.59. The van der Waals surface area contributed by atoms with Crippen LogP contribution in [0.2, 0.25) is 0 Å². The molecule has 0 aliphatic heterocycles. The lowest BCUT2D eigenvalue weighted by Gasteiger charge is -2.14. The molecule has 0 spiro atoms. The number of hydrogen-bond donors (Lipinski definition) is 1. The van der Waals surface area contributed by atoms with Crippen LogP contribution in [-0.4, -0.2) is 35.7 Å². The van der Waals surface area contributed by atoms with Crippen molar-refractivity contribution >= 4 is 32.1 Å². The second-order valence-electron chi connectivity index (χ2n) is 3.28. The Labute approximate surface area is 97.4 Å². The van der Waals surface area contributed by atoms with Crippen molar-refractivity contribution in [2.24, 2.45) is 0 Å². The molecule has 2 heterocycles. The Hall–Kier alpha value is -1.12. The van der Waals surface area contributed by atoms with E-state index in [1.807, 2.05) is 0 Å². The zero-order chi connectivity index (χ0) is 11.9. The van der Waals surface area contributed by atoms with Crippen LogP contribution in [0.25, 0.3) is 4.96 Å². The van der Waals surface area contributed by atoms with Gasteiger partial charge in [0.05, 0.1) is 0 Å². The molecule has 0 aliphatic carbocycles. The predicted molar refractivity (Wildman–Crippen MR) is 63.0 cm³/mol. The van der Waals surface area contributed by atoms with Crippen LogP contribution in [0, 0.1) is 0 Å². The number of nitrogens with two attached hydrogens (primary N) is 1. The SMILES string of the molecule is CCN(C)S(=O)(=O)c1c(N)nc2sccn12. The van der Waals surface area contributed by atoms with Crippen LogP contribution in [0.3, 0.4) is 0 Å². The molecule has 0 aromatic carbocycles. The third-order valence-electron chi connectivity index (χ3n) is 2.34. The lowest BCUT2D eigenvalue weighted by atomic mass is 10.8. The molecule has 0 radical (unpaired) electrons. The Bertz CT molecular complexity index is 613. The van der Waals surface area contributed by atoms with Crippen LogP contribution < -0.4 is 5.73 Å². The maximum Gasteiger partial charge on any atom is 0.262 e. The van der Waals surface area contributed by atoms with Gasteiger partial charge in [-0.15, -0.1) is 11.3 Å². The summed E-state index contributed by atoms with van der Waals surface area (Å²) in [6.07, 6.45) is 1.65. The van der Waals surface area contributed by atoms with Gasteiger partial charge in [0.25, 0.3) is 10.0 Å². The average Bonchev–Trinajstić information content (AvgIpc) is 2.74. The second kappa shape index (κ2) is 3.72. The summed E-state index contributed by atoms with van der Waals surface area (Å²) in [6, 6.07) is 0. The number of fused-ring (bicyclic) bond motifs is 1. The van der Waals surface area contributed by atoms with E-state index >= 15 is 0 Å². The fraction of sp³-hybridized carbons (Fsp3) is 0.375. The molecule has 0 fully saturated rings. The number of thiazole rings is 1. The van der Waals surface area contributed by atoms with Gasteiger partial charge in [-0.25, -0.2) is 13.4 Å². The van der Waals surface area contributed by atoms with E-state index in [4.69, 9.17) is 5.73 Å². The van der Waals surface area contributed by atoms with E-state index in [-0.39, 0.29) is 10.8 Å². The van der Waals surface area contributed by atoms with Gasteiger partial charge in [-0.2, -0.15) is 4.31 Å². The monoisotopic (exact) mass is 260 g/mol. The molecule has 2 aromatic rings. The number of anilines is 1. The number of aromatic nitrogens is 2. The number of nitrogens with zero attached hydrogens (tertiary/aromatic N) is 3. The van der Waals surface area contributed by atoms with E-state index in [0.29, 0.717) is 11.5 Å². The molecule has 16 heavy (non-hydrogen) atoms. The van der Waals surface area contributed by atoms with Crippen molar-refractivity contribution in [2.75, 3.05) is 19.3 Å². The molecule has 0 unspecified atom stereocenters. The van der Waals surface area contributed by atoms with Crippen molar-refractivity contribution in [3.8, 4) is 0 Å². The average molecular weight is 260 g/mol. The summed E-state index contributed by atoms with van der Waals surface area (Å²) in [6.45, 7) is 2.15. The summed E-state index contributed by atoms with van der Waals surface area (Å²) in [7, 11) is -2.04. The van der Waals surface area contributed by atoms with Crippen molar-refractivity contribution in [1.82, 2.24) is 13.7 Å². The van der Waals surface area contributed by atoms with Gasteiger partial charge >= 0.3 is 0 Å². The Kier molecular flexibility index (Phi) is 2.64. The summed E-state index contributed by atoms with van der Waals surface area (Å²) in [5, 5.41) is 1.82. The van der Waals surface area contributed by atoms with E-state index in [9.17, 15) is 8.42 Å². The highest BCUT2D eigenvalue weighted by Crippen LogP contribution is 2.25. The number of hydrogen-bond acceptors (Lipinski definition) is 5. The topological polar surface area (TPSA) is 80.7 Å². The van der Waals surface area contributed by atoms with Crippen LogP contribution in [0.15, 0.2) is 16.6 Å². The Morgan fingerprint density at radius 1 is 1.62 bits per heavy atom. The predicted octanol–water partition coefficient (Wildman–Crippen LogP) is 0.618. The molecular formula is C8H12N4O2S2. The van der Waals surface area contributed by atoms with Crippen molar-refractivity contribution < 1.29 is 8.42 Å². The fourth-order valence-electron chi connectivity index (χ4n) is 1.36. The van der Waals surface area contributed by atoms with Gasteiger partial charge in [-0.3, -0.25) is 4.40 Å². The van der Waals surface area contributed by atoms with Gasteiger partial charge < -0.3 is 5.73 Å². The Morgan fingerprint density at radius 3 is 2.94 bits per heavy atom. The van der Waals surface area contributed by atoms with Gasteiger partial charge in [0.15, 0.2) is 15.8 Å². The minimum Gasteiger partial charge on any atom is -0.381 e. The molecule has 2 rings (SSSR count). The highest BCUT2D eigenvalue weighted by molar-refractivity contribution is 7.89. The number of rotatable bonds is 3. The summed E-state index contributed by atoms with van der Waals surface area (Å²) in [5.74, 6) is 0.0483. The molecule has 0 bridgehead atoms. The molecule has 8 heteroatoms. The van der Waals surface area contributed by atoms with E-state index in [1.165, 1.54) is 27.1 Å². The second-order valence-corrected chi connectivity index (χ2v) is 6.11. The van der Waals surface area contributed by atoms with Crippen molar-refractivity contribution in [3.05, 3.63) is 11.6 Å². The first-order valence-electron chi connectivity index (χ1n) is 4.66. The highest BCUT2D eigenvalue weighted by Gasteiger charge is 2.27. The zero-order valence-electron chi connectivity index (χ0n) is 8.91. The third kappa shape index (κ3) is 1.49. The molecule has 6 nitrogen and oxygen atoms in total. The first kappa shape index (κ1) is 11.4. The van der Waals surface area contributed by atoms with Gasteiger partial charge in [-0.1, -0.05) is 6.92 Å². The van der Waals surface area contributed by atoms with Crippen molar-refractivity contribution in [3.63, 3.8) is 0 Å². The van der Waals surface area contributed by atoms with Gasteiger partial charge in [0, 0.05) is 25.2 Å². The smallest absolute Gasteiger partial charge is 0.262 e. The van der Waals surface area contributed by atoms with Crippen LogP contribution in [0.5, 0.6) is 0 Å². The number of sulfonamides is 1. The van der Waals surface area contributed by atoms with Gasteiger partial charge in [0.1, 0.15) is 0 Å². The summed E-state index contributed by atoms with van der Waals surface area (Å²) < 4.78 is 27.0. The third-order valence-corrected chi connectivity index (χ3v) is 5.07. The normalized spacial score (nSPS) is 12.7. The minimum absolute atomic E-state index is 0.0483. The first-order chi connectivity index (χ1) is 7.48. The van der Waals surface area contributed by atoms with Crippen LogP contribution in [0.1, 0.15) is 6.92 Å². The maximum atomic E-state index is 12.1. The zero-order valence-corrected chi connectivity index (χ0v) is 10.5. The summed E-state index contributed by atoms with van der Waals surface area (Å²) in [5.41, 5.74) is 5.65. The fourth-order valence-corrected chi connectivity index (χ4v) is 3.48. The standard InChI is InChI=1S/C8H12N4O2S2/c1-3-11(2)16(13,14)7-6(9)10-8-12(7)4-5-15-8/h4-5H,3,9H2,1-2H3. The molecule has 0 atom stereocenters. The Morgan fingerprint density at radius 2 is 2.31 bits per heavy atom. The van der Waals surface area contributed by atoms with Crippen LogP contribution in [0.4, 0.5) is 5.82 Å². The molecular weight excluding hydrogens is 248 g/mol. The van der Waals surface area contributed by atoms with Crippen LogP contribution in [-0.2, 0) is 10.0 Å². The quantitative estimate of drug-likeness (QED) is 0.877. The van der Waals surface area contributed by atoms with Gasteiger partial charge in [-0.05, 0) is 0 Å². The largest absolute Gasteiger partial charge is 0.381 e. The maximum absolute atomic E-state index is 12.1. The first-order valence-corrected chi connectivity index (χ1v) is 6.97. The summed E-state index contributed by atoms with van der Waals surface area (Å²) >= 11 is 1.35. The highest BCUT2D eigenvalue weighted by atomic mass is 32.2. The van der Waals surface area contributed by atoms with Gasteiger partial charge in [0.2, 0.25) is 0 Å². The van der Waals surface area contributed by atoms with E-state index in [1.54, 1.807) is 18.5 Å². The van der Waals surface area contributed by atoms with Crippen molar-refractivity contribution in [2.45, 2.75) is 11.9 Å². The number of nitrogen functional groups attached to an aromatic ring is 1. The molecule has 2 N–H and O–H groups in total. The molecule has 0 saturated heterocycles.